The predicted octanol–water partition coefficient (Wildman–Crippen LogP) is 2.79. The van der Waals surface area contributed by atoms with Gasteiger partial charge in [0, 0.05) is 11.5 Å². The van der Waals surface area contributed by atoms with E-state index < -0.39 is 0 Å². The fourth-order valence-electron chi connectivity index (χ4n) is 1.81. The van der Waals surface area contributed by atoms with Crippen LogP contribution in [0.3, 0.4) is 0 Å². The molecule has 88 valence electrons. The van der Waals surface area contributed by atoms with E-state index in [-0.39, 0.29) is 5.92 Å². The average molecular weight is 222 g/mol. The van der Waals surface area contributed by atoms with Crippen LogP contribution < -0.4 is 9.47 Å². The van der Waals surface area contributed by atoms with Crippen molar-refractivity contribution in [2.75, 3.05) is 14.2 Å². The molecule has 0 radical (unpaired) electrons. The molecule has 0 N–H and O–H groups in total. The Morgan fingerprint density at radius 1 is 1.31 bits per heavy atom. The second-order valence-electron chi connectivity index (χ2n) is 3.61. The van der Waals surface area contributed by atoms with Crippen molar-refractivity contribution in [2.45, 2.75) is 25.7 Å². The van der Waals surface area contributed by atoms with E-state index in [0.29, 0.717) is 11.5 Å². The number of ether oxygens (including phenoxy) is 2. The van der Waals surface area contributed by atoms with Crippen molar-refractivity contribution in [1.82, 2.24) is 0 Å². The lowest BCUT2D eigenvalue weighted by Crippen LogP contribution is -2.04. The minimum Gasteiger partial charge on any atom is -0.493 e. The minimum absolute atomic E-state index is 0.116. The van der Waals surface area contributed by atoms with Crippen molar-refractivity contribution in [1.29, 1.82) is 0 Å². The number of carbonyl (C=O) groups excluding carboxylic acids is 1. The Labute approximate surface area is 96.4 Å². The summed E-state index contributed by atoms with van der Waals surface area (Å²) in [7, 11) is 3.19. The van der Waals surface area contributed by atoms with Crippen LogP contribution in [0.25, 0.3) is 0 Å². The summed E-state index contributed by atoms with van der Waals surface area (Å²) in [6, 6.07) is 5.62. The molecular weight excluding hydrogens is 204 g/mol. The van der Waals surface area contributed by atoms with Gasteiger partial charge in [0.15, 0.2) is 11.5 Å². The van der Waals surface area contributed by atoms with Crippen LogP contribution in [0.5, 0.6) is 11.5 Å². The van der Waals surface area contributed by atoms with Gasteiger partial charge in [0.25, 0.3) is 0 Å². The van der Waals surface area contributed by atoms with E-state index in [4.69, 9.17) is 9.47 Å². The molecule has 0 aliphatic carbocycles. The molecule has 0 saturated heterocycles. The number of hydrogen-bond acceptors (Lipinski definition) is 3. The third-order valence-corrected chi connectivity index (χ3v) is 2.60. The maximum absolute atomic E-state index is 11.1. The summed E-state index contributed by atoms with van der Waals surface area (Å²) in [4.78, 5) is 11.1. The van der Waals surface area contributed by atoms with E-state index in [1.807, 2.05) is 18.2 Å². The molecular formula is C13H18O3. The number of methoxy groups -OCH3 is 2. The summed E-state index contributed by atoms with van der Waals surface area (Å²) in [5.74, 6) is 1.22. The Kier molecular flexibility index (Phi) is 4.83. The van der Waals surface area contributed by atoms with E-state index >= 15 is 0 Å². The van der Waals surface area contributed by atoms with Crippen LogP contribution in [0, 0.1) is 0 Å². The van der Waals surface area contributed by atoms with Gasteiger partial charge in [0.1, 0.15) is 6.29 Å². The standard InChI is InChI=1S/C13H18O3/c1-4-6-10(9-14)11-7-5-8-12(15-2)13(11)16-3/h5,7-10H,4,6H2,1-3H3. The van der Waals surface area contributed by atoms with Gasteiger partial charge < -0.3 is 14.3 Å². The summed E-state index contributed by atoms with van der Waals surface area (Å²) >= 11 is 0. The van der Waals surface area contributed by atoms with E-state index in [1.54, 1.807) is 14.2 Å². The first kappa shape index (κ1) is 12.6. The van der Waals surface area contributed by atoms with Crippen LogP contribution >= 0.6 is 0 Å². The van der Waals surface area contributed by atoms with Crippen LogP contribution in [0.2, 0.25) is 0 Å². The minimum atomic E-state index is -0.116. The van der Waals surface area contributed by atoms with E-state index in [2.05, 4.69) is 6.92 Å². The quantitative estimate of drug-likeness (QED) is 0.694. The second-order valence-corrected chi connectivity index (χ2v) is 3.61. The first-order valence-corrected chi connectivity index (χ1v) is 5.44. The van der Waals surface area contributed by atoms with Crippen molar-refractivity contribution in [3.8, 4) is 11.5 Å². The highest BCUT2D eigenvalue weighted by Gasteiger charge is 2.17. The summed E-state index contributed by atoms with van der Waals surface area (Å²) in [6.07, 6.45) is 2.76. The Morgan fingerprint density at radius 2 is 2.06 bits per heavy atom. The monoisotopic (exact) mass is 222 g/mol. The van der Waals surface area contributed by atoms with Crippen molar-refractivity contribution in [2.24, 2.45) is 0 Å². The summed E-state index contributed by atoms with van der Waals surface area (Å²) in [5, 5.41) is 0. The molecule has 0 saturated carbocycles. The second kappa shape index (κ2) is 6.16. The third kappa shape index (κ3) is 2.54. The summed E-state index contributed by atoms with van der Waals surface area (Å²) < 4.78 is 10.5. The molecule has 1 unspecified atom stereocenters. The highest BCUT2D eigenvalue weighted by atomic mass is 16.5. The largest absolute Gasteiger partial charge is 0.493 e. The fourth-order valence-corrected chi connectivity index (χ4v) is 1.81. The van der Waals surface area contributed by atoms with Gasteiger partial charge in [0.2, 0.25) is 0 Å². The SMILES string of the molecule is CCCC(C=O)c1cccc(OC)c1OC. The molecule has 1 aromatic carbocycles. The smallest absolute Gasteiger partial charge is 0.164 e. The first-order valence-electron chi connectivity index (χ1n) is 5.44. The number of benzene rings is 1. The predicted molar refractivity (Wildman–Crippen MR) is 63.3 cm³/mol. The van der Waals surface area contributed by atoms with Crippen LogP contribution in [0.1, 0.15) is 31.2 Å². The number of hydrogen-bond donors (Lipinski definition) is 0. The topological polar surface area (TPSA) is 35.5 Å². The highest BCUT2D eigenvalue weighted by Crippen LogP contribution is 2.36. The van der Waals surface area contributed by atoms with Gasteiger partial charge in [-0.3, -0.25) is 0 Å². The number of para-hydroxylation sites is 1. The molecule has 1 rings (SSSR count). The number of rotatable bonds is 6. The maximum atomic E-state index is 11.1. The lowest BCUT2D eigenvalue weighted by Gasteiger charge is -2.16. The molecule has 0 amide bonds. The van der Waals surface area contributed by atoms with Gasteiger partial charge in [-0.05, 0) is 12.5 Å². The molecule has 1 aromatic rings. The molecule has 0 aromatic heterocycles. The summed E-state index contributed by atoms with van der Waals surface area (Å²) in [5.41, 5.74) is 0.902. The summed E-state index contributed by atoms with van der Waals surface area (Å²) in [6.45, 7) is 2.06. The van der Waals surface area contributed by atoms with Crippen LogP contribution in [-0.4, -0.2) is 20.5 Å². The van der Waals surface area contributed by atoms with Gasteiger partial charge in [-0.25, -0.2) is 0 Å². The number of aldehydes is 1. The Bertz CT molecular complexity index is 347. The molecule has 0 aliphatic rings. The average Bonchev–Trinajstić information content (AvgIpc) is 2.34. The molecule has 0 heterocycles. The normalized spacial score (nSPS) is 11.9. The molecule has 0 bridgehead atoms. The highest BCUT2D eigenvalue weighted by molar-refractivity contribution is 5.66. The number of carbonyl (C=O) groups is 1. The first-order chi connectivity index (χ1) is 7.78. The Hall–Kier alpha value is -1.51. The van der Waals surface area contributed by atoms with Crippen molar-refractivity contribution < 1.29 is 14.3 Å². The zero-order valence-corrected chi connectivity index (χ0v) is 10.0. The van der Waals surface area contributed by atoms with Crippen molar-refractivity contribution >= 4 is 6.29 Å². The maximum Gasteiger partial charge on any atom is 0.164 e. The molecule has 0 aliphatic heterocycles. The van der Waals surface area contributed by atoms with Crippen LogP contribution in [0.4, 0.5) is 0 Å². The van der Waals surface area contributed by atoms with Crippen molar-refractivity contribution in [3.63, 3.8) is 0 Å². The third-order valence-electron chi connectivity index (χ3n) is 2.60. The van der Waals surface area contributed by atoms with E-state index in [0.717, 1.165) is 24.7 Å². The Balaban J connectivity index is 3.14. The zero-order chi connectivity index (χ0) is 12.0. The van der Waals surface area contributed by atoms with Gasteiger partial charge in [0.05, 0.1) is 14.2 Å². The van der Waals surface area contributed by atoms with E-state index in [1.165, 1.54) is 0 Å². The molecule has 16 heavy (non-hydrogen) atoms. The van der Waals surface area contributed by atoms with Crippen LogP contribution in [0.15, 0.2) is 18.2 Å². The molecule has 0 spiro atoms. The van der Waals surface area contributed by atoms with Gasteiger partial charge in [-0.15, -0.1) is 0 Å². The lowest BCUT2D eigenvalue weighted by molar-refractivity contribution is -0.109. The van der Waals surface area contributed by atoms with Gasteiger partial charge in [-0.1, -0.05) is 25.5 Å². The molecule has 3 nitrogen and oxygen atoms in total. The zero-order valence-electron chi connectivity index (χ0n) is 10.0. The Morgan fingerprint density at radius 3 is 2.56 bits per heavy atom. The van der Waals surface area contributed by atoms with Crippen LogP contribution in [-0.2, 0) is 4.79 Å². The molecule has 3 heteroatoms. The molecule has 1 atom stereocenters. The van der Waals surface area contributed by atoms with Crippen molar-refractivity contribution in [3.05, 3.63) is 23.8 Å². The lowest BCUT2D eigenvalue weighted by atomic mass is 9.95. The molecule has 0 fully saturated rings. The van der Waals surface area contributed by atoms with Gasteiger partial charge in [-0.2, -0.15) is 0 Å². The van der Waals surface area contributed by atoms with E-state index in [9.17, 15) is 4.79 Å². The van der Waals surface area contributed by atoms with Gasteiger partial charge >= 0.3 is 0 Å². The fraction of sp³-hybridized carbons (Fsp3) is 0.462.